The highest BCUT2D eigenvalue weighted by Gasteiger charge is 2.26. The van der Waals surface area contributed by atoms with Gasteiger partial charge < -0.3 is 4.74 Å². The molecule has 1 aromatic heterocycles. The summed E-state index contributed by atoms with van der Waals surface area (Å²) in [5.74, 6) is -0.929. The van der Waals surface area contributed by atoms with Gasteiger partial charge in [0.15, 0.2) is 6.10 Å². The van der Waals surface area contributed by atoms with Crippen LogP contribution >= 0.6 is 11.3 Å². The van der Waals surface area contributed by atoms with Gasteiger partial charge in [-0.25, -0.2) is 0 Å². The second-order valence-electron chi connectivity index (χ2n) is 6.74. The summed E-state index contributed by atoms with van der Waals surface area (Å²) < 4.78 is 6.91. The van der Waals surface area contributed by atoms with Gasteiger partial charge in [-0.05, 0) is 20.8 Å². The summed E-state index contributed by atoms with van der Waals surface area (Å²) in [6.07, 6.45) is -1.06. The van der Waals surface area contributed by atoms with Crippen molar-refractivity contribution < 1.29 is 14.3 Å². The maximum atomic E-state index is 13.1. The minimum atomic E-state index is -1.06. The zero-order valence-electron chi connectivity index (χ0n) is 16.0. The van der Waals surface area contributed by atoms with Crippen molar-refractivity contribution in [1.82, 2.24) is 4.57 Å². The normalized spacial score (nSPS) is 11.8. The highest BCUT2D eigenvalue weighted by Crippen LogP contribution is 2.24. The van der Waals surface area contributed by atoms with Crippen LogP contribution in [0.2, 0.25) is 0 Å². The number of hydrogen-bond donors (Lipinski definition) is 0. The topological polar surface area (TPSA) is 65.4 Å². The summed E-state index contributed by atoms with van der Waals surface area (Å²) >= 11 is 1.03. The molecule has 0 amide bonds. The number of benzene rings is 2. The number of carbonyl (C=O) groups is 2. The number of ether oxygens (including phenoxy) is 1. The number of nitrogens with zero attached hydrogens (tertiary/aromatic N) is 1. The Kier molecular flexibility index (Phi) is 5.90. The zero-order chi connectivity index (χ0) is 20.3. The minimum Gasteiger partial charge on any atom is -0.448 e. The second kappa shape index (κ2) is 8.35. The monoisotopic (exact) mass is 395 g/mol. The molecule has 0 N–H and O–H groups in total. The van der Waals surface area contributed by atoms with Crippen molar-refractivity contribution in [1.29, 1.82) is 0 Å². The maximum absolute atomic E-state index is 13.1. The number of hydrogen-bond acceptors (Lipinski definition) is 5. The van der Waals surface area contributed by atoms with Gasteiger partial charge in [0.05, 0.1) is 0 Å². The van der Waals surface area contributed by atoms with Crippen LogP contribution in [0.15, 0.2) is 58.7 Å². The van der Waals surface area contributed by atoms with Crippen LogP contribution in [-0.2, 0) is 16.1 Å². The van der Waals surface area contributed by atoms with Gasteiger partial charge in [0.25, 0.3) is 0 Å². The molecule has 0 bridgehead atoms. The molecule has 1 heterocycles. The van der Waals surface area contributed by atoms with E-state index in [4.69, 9.17) is 4.74 Å². The molecule has 0 aliphatic carbocycles. The number of carbonyl (C=O) groups excluding carboxylic acids is 2. The predicted molar refractivity (Wildman–Crippen MR) is 109 cm³/mol. The first kappa shape index (κ1) is 19.8. The van der Waals surface area contributed by atoms with Crippen LogP contribution in [0.25, 0.3) is 0 Å². The summed E-state index contributed by atoms with van der Waals surface area (Å²) in [5.41, 5.74) is 3.82. The van der Waals surface area contributed by atoms with Crippen LogP contribution in [-0.4, -0.2) is 16.3 Å². The molecule has 28 heavy (non-hydrogen) atoms. The van der Waals surface area contributed by atoms with E-state index < -0.39 is 12.1 Å². The SMILES string of the molecule is Cc1ccc(C(=O)[C@H](OC(=O)Cn2c(C)csc2=O)c2ccc(C)cc2)cc1. The highest BCUT2D eigenvalue weighted by atomic mass is 32.1. The van der Waals surface area contributed by atoms with Gasteiger partial charge >= 0.3 is 10.8 Å². The number of Topliss-reactive ketones (excluding diaryl/α,β-unsaturated/α-hetero) is 1. The lowest BCUT2D eigenvalue weighted by Gasteiger charge is -2.18. The Morgan fingerprint density at radius 1 is 0.964 bits per heavy atom. The second-order valence-corrected chi connectivity index (χ2v) is 7.56. The number of rotatable bonds is 6. The maximum Gasteiger partial charge on any atom is 0.327 e. The lowest BCUT2D eigenvalue weighted by atomic mass is 9.98. The molecule has 0 fully saturated rings. The molecule has 3 aromatic rings. The summed E-state index contributed by atoms with van der Waals surface area (Å²) in [7, 11) is 0. The molecule has 0 saturated carbocycles. The summed E-state index contributed by atoms with van der Waals surface area (Å²) in [6.45, 7) is 5.41. The van der Waals surface area contributed by atoms with Gasteiger partial charge in [-0.1, -0.05) is 71.0 Å². The Morgan fingerprint density at radius 2 is 1.54 bits per heavy atom. The van der Waals surface area contributed by atoms with E-state index in [-0.39, 0.29) is 17.2 Å². The molecule has 6 heteroatoms. The molecule has 0 aliphatic heterocycles. The number of aryl methyl sites for hydroxylation is 3. The molecule has 144 valence electrons. The van der Waals surface area contributed by atoms with Crippen LogP contribution in [0.5, 0.6) is 0 Å². The van der Waals surface area contributed by atoms with E-state index in [1.54, 1.807) is 36.6 Å². The van der Waals surface area contributed by atoms with Gasteiger partial charge in [0, 0.05) is 22.2 Å². The summed E-state index contributed by atoms with van der Waals surface area (Å²) in [6, 6.07) is 14.4. The third kappa shape index (κ3) is 4.46. The lowest BCUT2D eigenvalue weighted by molar-refractivity contribution is -0.148. The molecule has 5 nitrogen and oxygen atoms in total. The minimum absolute atomic E-state index is 0.224. The smallest absolute Gasteiger partial charge is 0.327 e. The third-order valence-electron chi connectivity index (χ3n) is 4.47. The summed E-state index contributed by atoms with van der Waals surface area (Å²) in [5, 5.41) is 1.69. The molecule has 2 aromatic carbocycles. The fourth-order valence-electron chi connectivity index (χ4n) is 2.78. The first-order valence-corrected chi connectivity index (χ1v) is 9.75. The van der Waals surface area contributed by atoms with Crippen molar-refractivity contribution in [2.75, 3.05) is 0 Å². The molecule has 0 unspecified atom stereocenters. The van der Waals surface area contributed by atoms with Gasteiger partial charge in [-0.15, -0.1) is 0 Å². The molecular weight excluding hydrogens is 374 g/mol. The standard InChI is InChI=1S/C22H21NO4S/c1-14-4-8-17(9-5-14)20(25)21(18-10-6-15(2)7-11-18)27-19(24)12-23-16(3)13-28-22(23)26/h4-11,13,21H,12H2,1-3H3/t21-/m1/s1. The van der Waals surface area contributed by atoms with Crippen LogP contribution in [0, 0.1) is 20.8 Å². The largest absolute Gasteiger partial charge is 0.448 e. The quantitative estimate of drug-likeness (QED) is 0.467. The zero-order valence-corrected chi connectivity index (χ0v) is 16.8. The van der Waals surface area contributed by atoms with E-state index in [0.717, 1.165) is 22.5 Å². The Labute approximate surface area is 167 Å². The fraction of sp³-hybridized carbons (Fsp3) is 0.227. The van der Waals surface area contributed by atoms with Crippen molar-refractivity contribution in [3.63, 3.8) is 0 Å². The van der Waals surface area contributed by atoms with Crippen LogP contribution < -0.4 is 4.87 Å². The Bertz CT molecular complexity index is 1050. The van der Waals surface area contributed by atoms with E-state index in [0.29, 0.717) is 16.8 Å². The lowest BCUT2D eigenvalue weighted by Crippen LogP contribution is -2.26. The average Bonchev–Trinajstić information content (AvgIpc) is 2.99. The molecule has 3 rings (SSSR count). The van der Waals surface area contributed by atoms with Crippen LogP contribution in [0.3, 0.4) is 0 Å². The molecule has 0 radical (unpaired) electrons. The first-order chi connectivity index (χ1) is 13.3. The average molecular weight is 395 g/mol. The molecular formula is C22H21NO4S. The Balaban J connectivity index is 1.88. The third-order valence-corrected chi connectivity index (χ3v) is 5.35. The molecule has 1 atom stereocenters. The predicted octanol–water partition coefficient (Wildman–Crippen LogP) is 4.00. The number of aromatic nitrogens is 1. The van der Waals surface area contributed by atoms with Gasteiger partial charge in [-0.3, -0.25) is 19.0 Å². The van der Waals surface area contributed by atoms with Crippen molar-refractivity contribution in [2.45, 2.75) is 33.4 Å². The van der Waals surface area contributed by atoms with Crippen molar-refractivity contribution in [2.24, 2.45) is 0 Å². The van der Waals surface area contributed by atoms with Crippen LogP contribution in [0.4, 0.5) is 0 Å². The first-order valence-electron chi connectivity index (χ1n) is 8.87. The molecule has 0 saturated heterocycles. The van der Waals surface area contributed by atoms with E-state index in [1.165, 1.54) is 4.57 Å². The van der Waals surface area contributed by atoms with Crippen molar-refractivity contribution >= 4 is 23.1 Å². The number of ketones is 1. The van der Waals surface area contributed by atoms with Gasteiger partial charge in [-0.2, -0.15) is 0 Å². The molecule has 0 aliphatic rings. The van der Waals surface area contributed by atoms with Crippen molar-refractivity contribution in [3.05, 3.63) is 91.5 Å². The highest BCUT2D eigenvalue weighted by molar-refractivity contribution is 7.07. The van der Waals surface area contributed by atoms with E-state index in [1.807, 2.05) is 38.1 Å². The summed E-state index contributed by atoms with van der Waals surface area (Å²) in [4.78, 5) is 37.2. The van der Waals surface area contributed by atoms with Crippen molar-refractivity contribution in [3.8, 4) is 0 Å². The van der Waals surface area contributed by atoms with Gasteiger partial charge in [0.2, 0.25) is 5.78 Å². The Morgan fingerprint density at radius 3 is 2.07 bits per heavy atom. The van der Waals surface area contributed by atoms with E-state index in [9.17, 15) is 14.4 Å². The van der Waals surface area contributed by atoms with E-state index in [2.05, 4.69) is 0 Å². The fourth-order valence-corrected chi connectivity index (χ4v) is 3.51. The molecule has 0 spiro atoms. The number of esters is 1. The van der Waals surface area contributed by atoms with E-state index >= 15 is 0 Å². The number of thiazole rings is 1. The Hall–Kier alpha value is -2.99. The van der Waals surface area contributed by atoms with Crippen LogP contribution in [0.1, 0.15) is 38.8 Å². The van der Waals surface area contributed by atoms with Gasteiger partial charge in [0.1, 0.15) is 6.54 Å².